The molecule has 0 aliphatic heterocycles. The summed E-state index contributed by atoms with van der Waals surface area (Å²) in [5.41, 5.74) is 0. The molecule has 10 heteroatoms. The van der Waals surface area contributed by atoms with Crippen LogP contribution in [-0.4, -0.2) is 26.6 Å². The molecule has 0 spiro atoms. The van der Waals surface area contributed by atoms with Crippen LogP contribution in [0.1, 0.15) is 12.8 Å². The highest BCUT2D eigenvalue weighted by Crippen LogP contribution is 2.43. The van der Waals surface area contributed by atoms with Crippen molar-refractivity contribution in [1.82, 2.24) is 0 Å². The molecule has 2 bridgehead atoms. The van der Waals surface area contributed by atoms with E-state index in [2.05, 4.69) is 0 Å². The zero-order valence-electron chi connectivity index (χ0n) is 11.5. The first-order valence-electron chi connectivity index (χ1n) is 6.66. The third-order valence-corrected chi connectivity index (χ3v) is 9.13. The fourth-order valence-corrected chi connectivity index (χ4v) is 8.68. The Balaban J connectivity index is 1.90. The van der Waals surface area contributed by atoms with Gasteiger partial charge in [-0.05, 0) is 82.0 Å². The minimum Gasteiger partial charge on any atom is -0.382 e. The highest BCUT2D eigenvalue weighted by molar-refractivity contribution is 14.1. The average molecular weight is 582 g/mol. The Morgan fingerprint density at radius 1 is 1.04 bits per heavy atom. The number of hydrogen-bond donors (Lipinski definition) is 1. The van der Waals surface area contributed by atoms with E-state index in [-0.39, 0.29) is 23.7 Å². The number of hydrogen-bond acceptors (Lipinski definition) is 5. The molecule has 23 heavy (non-hydrogen) atoms. The Morgan fingerprint density at radius 2 is 1.65 bits per heavy atom. The molecule has 1 fully saturated rings. The normalized spacial score (nSPS) is 26.7. The third-order valence-electron chi connectivity index (χ3n) is 4.03. The molecule has 126 valence electrons. The third kappa shape index (κ3) is 3.55. The minimum atomic E-state index is -4.38. The summed E-state index contributed by atoms with van der Waals surface area (Å²) in [5.74, 6) is 0.337. The molecule has 2 aliphatic rings. The second kappa shape index (κ2) is 6.11. The smallest absolute Gasteiger partial charge is 0.312 e. The van der Waals surface area contributed by atoms with E-state index in [0.29, 0.717) is 12.3 Å². The van der Waals surface area contributed by atoms with Gasteiger partial charge in [-0.3, -0.25) is 4.55 Å². The first-order chi connectivity index (χ1) is 10.6. The van der Waals surface area contributed by atoms with E-state index in [1.807, 2.05) is 12.2 Å². The molecule has 3 unspecified atom stereocenters. The summed E-state index contributed by atoms with van der Waals surface area (Å²) in [6, 6.07) is 2.60. The van der Waals surface area contributed by atoms with Crippen LogP contribution in [0.5, 0.6) is 5.75 Å². The van der Waals surface area contributed by atoms with Crippen molar-refractivity contribution in [3.05, 3.63) is 31.4 Å². The molecule has 1 aromatic carbocycles. The van der Waals surface area contributed by atoms with Gasteiger partial charge in [0, 0.05) is 7.14 Å². The second-order valence-corrected chi connectivity index (χ2v) is 11.0. The molecule has 0 aromatic heterocycles. The van der Waals surface area contributed by atoms with Crippen molar-refractivity contribution in [2.75, 3.05) is 0 Å². The van der Waals surface area contributed by atoms with Crippen LogP contribution < -0.4 is 4.18 Å². The molecule has 3 rings (SSSR count). The van der Waals surface area contributed by atoms with Gasteiger partial charge >= 0.3 is 10.1 Å². The maximum atomic E-state index is 12.5. The van der Waals surface area contributed by atoms with Crippen molar-refractivity contribution < 1.29 is 25.6 Å². The van der Waals surface area contributed by atoms with Crippen molar-refractivity contribution in [3.8, 4) is 5.75 Å². The molecule has 0 saturated heterocycles. The van der Waals surface area contributed by atoms with Gasteiger partial charge in [0.1, 0.15) is 15.9 Å². The summed E-state index contributed by atoms with van der Waals surface area (Å²) in [5, 5.41) is -0.561. The van der Waals surface area contributed by atoms with E-state index < -0.39 is 25.5 Å². The largest absolute Gasteiger partial charge is 0.382 e. The molecule has 0 heterocycles. The first kappa shape index (κ1) is 17.9. The van der Waals surface area contributed by atoms with Gasteiger partial charge in [0.25, 0.3) is 10.1 Å². The average Bonchev–Trinajstić information content (AvgIpc) is 2.97. The number of benzene rings is 1. The van der Waals surface area contributed by atoms with E-state index in [1.54, 1.807) is 45.2 Å². The SMILES string of the molecule is O=S(=O)(O)c1c(I)cc(OS(=O)(=O)C2CC3C=CC2C3)cc1I. The summed E-state index contributed by atoms with van der Waals surface area (Å²) in [4.78, 5) is -0.244. The van der Waals surface area contributed by atoms with Crippen LogP contribution in [0.3, 0.4) is 0 Å². The molecular formula is C13H12I2O6S2. The van der Waals surface area contributed by atoms with E-state index in [9.17, 15) is 21.4 Å². The predicted molar refractivity (Wildman–Crippen MR) is 100 cm³/mol. The van der Waals surface area contributed by atoms with Gasteiger partial charge in [-0.25, -0.2) is 0 Å². The topological polar surface area (TPSA) is 97.7 Å². The van der Waals surface area contributed by atoms with Crippen LogP contribution in [0.15, 0.2) is 29.2 Å². The van der Waals surface area contributed by atoms with Crippen LogP contribution in [0.4, 0.5) is 0 Å². The van der Waals surface area contributed by atoms with Crippen molar-refractivity contribution in [1.29, 1.82) is 0 Å². The van der Waals surface area contributed by atoms with Crippen LogP contribution in [0.2, 0.25) is 0 Å². The molecule has 6 nitrogen and oxygen atoms in total. The lowest BCUT2D eigenvalue weighted by Gasteiger charge is -2.19. The van der Waals surface area contributed by atoms with E-state index in [1.165, 1.54) is 12.1 Å². The number of rotatable bonds is 4. The van der Waals surface area contributed by atoms with Crippen molar-refractivity contribution in [2.45, 2.75) is 23.0 Å². The lowest BCUT2D eigenvalue weighted by atomic mass is 10.1. The Bertz CT molecular complexity index is 868. The Labute approximate surface area is 161 Å². The van der Waals surface area contributed by atoms with Gasteiger partial charge in [0.05, 0.1) is 0 Å². The predicted octanol–water partition coefficient (Wildman–Crippen LogP) is 2.82. The quantitative estimate of drug-likeness (QED) is 0.254. The summed E-state index contributed by atoms with van der Waals surface area (Å²) in [6.07, 6.45) is 5.36. The highest BCUT2D eigenvalue weighted by Gasteiger charge is 2.44. The van der Waals surface area contributed by atoms with E-state index in [0.717, 1.165) is 6.42 Å². The lowest BCUT2D eigenvalue weighted by Crippen LogP contribution is -2.29. The van der Waals surface area contributed by atoms with Crippen LogP contribution >= 0.6 is 45.2 Å². The summed E-state index contributed by atoms with van der Waals surface area (Å²) >= 11 is 3.45. The molecule has 1 saturated carbocycles. The molecule has 2 aliphatic carbocycles. The van der Waals surface area contributed by atoms with Crippen LogP contribution in [0, 0.1) is 19.0 Å². The first-order valence-corrected chi connectivity index (χ1v) is 11.7. The van der Waals surface area contributed by atoms with Crippen LogP contribution in [-0.2, 0) is 20.2 Å². The van der Waals surface area contributed by atoms with Gasteiger partial charge in [0.15, 0.2) is 0 Å². The number of halogens is 2. The molecule has 1 aromatic rings. The Kier molecular flexibility index (Phi) is 4.75. The summed E-state index contributed by atoms with van der Waals surface area (Å²) in [7, 11) is -8.17. The number of allylic oxidation sites excluding steroid dienone is 2. The van der Waals surface area contributed by atoms with Gasteiger partial charge < -0.3 is 4.18 Å². The van der Waals surface area contributed by atoms with Gasteiger partial charge in [-0.2, -0.15) is 16.8 Å². The van der Waals surface area contributed by atoms with E-state index >= 15 is 0 Å². The monoisotopic (exact) mass is 582 g/mol. The van der Waals surface area contributed by atoms with Crippen LogP contribution in [0.25, 0.3) is 0 Å². The van der Waals surface area contributed by atoms with E-state index in [4.69, 9.17) is 4.18 Å². The standard InChI is InChI=1S/C13H12I2O6S2/c14-10-5-9(6-11(15)13(10)22(16,17)18)21-23(19,20)12-4-7-1-2-8(12)3-7/h1-2,5-8,12H,3-4H2,(H,16,17,18). The lowest BCUT2D eigenvalue weighted by molar-refractivity contribution is 0.458. The fourth-order valence-electron chi connectivity index (χ4n) is 3.09. The Morgan fingerprint density at radius 3 is 2.09 bits per heavy atom. The summed E-state index contributed by atoms with van der Waals surface area (Å²) in [6.45, 7) is 0. The maximum Gasteiger partial charge on any atom is 0.312 e. The highest BCUT2D eigenvalue weighted by atomic mass is 127. The molecular weight excluding hydrogens is 570 g/mol. The molecule has 0 amide bonds. The van der Waals surface area contributed by atoms with Gasteiger partial charge in [-0.15, -0.1) is 0 Å². The second-order valence-electron chi connectivity index (χ2n) is 5.59. The summed E-state index contributed by atoms with van der Waals surface area (Å²) < 4.78 is 62.5. The molecule has 1 N–H and O–H groups in total. The van der Waals surface area contributed by atoms with Crippen molar-refractivity contribution >= 4 is 65.4 Å². The number of fused-ring (bicyclic) bond motifs is 2. The molecule has 0 radical (unpaired) electrons. The fraction of sp³-hybridized carbons (Fsp3) is 0.385. The van der Waals surface area contributed by atoms with Crippen molar-refractivity contribution in [3.63, 3.8) is 0 Å². The van der Waals surface area contributed by atoms with Gasteiger partial charge in [-0.1, -0.05) is 12.2 Å². The molecule has 3 atom stereocenters. The van der Waals surface area contributed by atoms with Crippen molar-refractivity contribution in [2.24, 2.45) is 11.8 Å². The van der Waals surface area contributed by atoms with Gasteiger partial charge in [0.2, 0.25) is 0 Å². The zero-order chi connectivity index (χ0) is 17.0. The Hall–Kier alpha value is 0.0800. The minimum absolute atomic E-state index is 0.0137. The zero-order valence-corrected chi connectivity index (χ0v) is 17.5. The maximum absolute atomic E-state index is 12.5.